The Balaban J connectivity index is 1.62. The number of benzene rings is 1. The molecule has 0 radical (unpaired) electrons. The standard InChI is InChI=1S/C16H24N2O/c17-10-3-11-18-12-8-16(9-13-18)7-6-14-4-1-2-5-15(14)19-16/h1-2,4-5H,3,6-13,17H2. The van der Waals surface area contributed by atoms with Crippen LogP contribution in [0.15, 0.2) is 24.3 Å². The molecule has 1 saturated heterocycles. The van der Waals surface area contributed by atoms with E-state index in [1.54, 1.807) is 0 Å². The highest BCUT2D eigenvalue weighted by Crippen LogP contribution is 2.39. The summed E-state index contributed by atoms with van der Waals surface area (Å²) in [6.07, 6.45) is 5.77. The molecular formula is C16H24N2O. The molecule has 0 saturated carbocycles. The van der Waals surface area contributed by atoms with Crippen molar-refractivity contribution in [2.24, 2.45) is 5.73 Å². The van der Waals surface area contributed by atoms with Crippen molar-refractivity contribution in [3.05, 3.63) is 29.8 Å². The molecule has 2 aliphatic heterocycles. The smallest absolute Gasteiger partial charge is 0.123 e. The molecule has 3 nitrogen and oxygen atoms in total. The van der Waals surface area contributed by atoms with Crippen LogP contribution in [0.1, 0.15) is 31.2 Å². The third kappa shape index (κ3) is 2.77. The molecule has 2 aliphatic rings. The van der Waals surface area contributed by atoms with E-state index in [2.05, 4.69) is 29.2 Å². The van der Waals surface area contributed by atoms with Gasteiger partial charge < -0.3 is 15.4 Å². The molecule has 3 heteroatoms. The Labute approximate surface area is 115 Å². The van der Waals surface area contributed by atoms with Crippen LogP contribution in [-0.2, 0) is 6.42 Å². The third-order valence-corrected chi connectivity index (χ3v) is 4.59. The van der Waals surface area contributed by atoms with Crippen molar-refractivity contribution in [2.75, 3.05) is 26.2 Å². The first-order valence-electron chi connectivity index (χ1n) is 7.51. The molecule has 1 aromatic rings. The van der Waals surface area contributed by atoms with Crippen LogP contribution in [-0.4, -0.2) is 36.7 Å². The van der Waals surface area contributed by atoms with Crippen molar-refractivity contribution in [3.8, 4) is 5.75 Å². The molecule has 19 heavy (non-hydrogen) atoms. The average Bonchev–Trinajstić information content (AvgIpc) is 2.47. The predicted octanol–water partition coefficient (Wildman–Crippen LogP) is 2.20. The Morgan fingerprint density at radius 3 is 2.74 bits per heavy atom. The van der Waals surface area contributed by atoms with Crippen LogP contribution < -0.4 is 10.5 Å². The summed E-state index contributed by atoms with van der Waals surface area (Å²) in [5, 5.41) is 0. The Hall–Kier alpha value is -1.06. The lowest BCUT2D eigenvalue weighted by molar-refractivity contribution is -0.0144. The quantitative estimate of drug-likeness (QED) is 0.905. The van der Waals surface area contributed by atoms with Crippen LogP contribution in [0, 0.1) is 0 Å². The Morgan fingerprint density at radius 2 is 1.95 bits per heavy atom. The van der Waals surface area contributed by atoms with Crippen LogP contribution >= 0.6 is 0 Å². The third-order valence-electron chi connectivity index (χ3n) is 4.59. The van der Waals surface area contributed by atoms with E-state index in [0.717, 1.165) is 51.2 Å². The molecule has 0 atom stereocenters. The topological polar surface area (TPSA) is 38.5 Å². The van der Waals surface area contributed by atoms with Crippen molar-refractivity contribution >= 4 is 0 Å². The molecular weight excluding hydrogens is 236 g/mol. The van der Waals surface area contributed by atoms with Crippen molar-refractivity contribution < 1.29 is 4.74 Å². The SMILES string of the molecule is NCCCN1CCC2(CCc3ccccc3O2)CC1. The maximum atomic E-state index is 6.36. The van der Waals surface area contributed by atoms with E-state index in [-0.39, 0.29) is 5.60 Å². The van der Waals surface area contributed by atoms with Crippen molar-refractivity contribution in [1.82, 2.24) is 4.90 Å². The maximum Gasteiger partial charge on any atom is 0.123 e. The highest BCUT2D eigenvalue weighted by Gasteiger charge is 2.39. The van der Waals surface area contributed by atoms with E-state index in [0.29, 0.717) is 0 Å². The number of piperidine rings is 1. The molecule has 0 aliphatic carbocycles. The number of aryl methyl sites for hydroxylation is 1. The summed E-state index contributed by atoms with van der Waals surface area (Å²) in [7, 11) is 0. The van der Waals surface area contributed by atoms with E-state index < -0.39 is 0 Å². The number of rotatable bonds is 3. The van der Waals surface area contributed by atoms with Crippen molar-refractivity contribution in [1.29, 1.82) is 0 Å². The number of likely N-dealkylation sites (tertiary alicyclic amines) is 1. The second-order valence-electron chi connectivity index (χ2n) is 5.88. The summed E-state index contributed by atoms with van der Waals surface area (Å²) in [4.78, 5) is 2.53. The molecule has 2 heterocycles. The maximum absolute atomic E-state index is 6.36. The number of hydrogen-bond acceptors (Lipinski definition) is 3. The Kier molecular flexibility index (Phi) is 3.76. The molecule has 1 spiro atoms. The van der Waals surface area contributed by atoms with Gasteiger partial charge in [-0.1, -0.05) is 18.2 Å². The summed E-state index contributed by atoms with van der Waals surface area (Å²) in [6.45, 7) is 4.25. The summed E-state index contributed by atoms with van der Waals surface area (Å²) >= 11 is 0. The molecule has 0 bridgehead atoms. The lowest BCUT2D eigenvalue weighted by Gasteiger charge is -2.44. The van der Waals surface area contributed by atoms with Crippen molar-refractivity contribution in [3.63, 3.8) is 0 Å². The summed E-state index contributed by atoms with van der Waals surface area (Å²) in [6, 6.07) is 8.50. The number of ether oxygens (including phenoxy) is 1. The first kappa shape index (κ1) is 12.9. The molecule has 1 fully saturated rings. The first-order valence-corrected chi connectivity index (χ1v) is 7.51. The fourth-order valence-electron chi connectivity index (χ4n) is 3.31. The van der Waals surface area contributed by atoms with Gasteiger partial charge in [0.1, 0.15) is 11.4 Å². The van der Waals surface area contributed by atoms with Gasteiger partial charge in [0.05, 0.1) is 0 Å². The highest BCUT2D eigenvalue weighted by molar-refractivity contribution is 5.36. The van der Waals surface area contributed by atoms with E-state index in [9.17, 15) is 0 Å². The molecule has 0 aromatic heterocycles. The van der Waals surface area contributed by atoms with E-state index in [4.69, 9.17) is 10.5 Å². The van der Waals surface area contributed by atoms with E-state index in [1.165, 1.54) is 18.4 Å². The largest absolute Gasteiger partial charge is 0.487 e. The van der Waals surface area contributed by atoms with Gasteiger partial charge in [-0.3, -0.25) is 0 Å². The molecule has 1 aromatic carbocycles. The zero-order chi connectivity index (χ0) is 13.1. The summed E-state index contributed by atoms with van der Waals surface area (Å²) < 4.78 is 6.36. The zero-order valence-electron chi connectivity index (χ0n) is 11.6. The number of fused-ring (bicyclic) bond motifs is 1. The molecule has 2 N–H and O–H groups in total. The lowest BCUT2D eigenvalue weighted by Crippen LogP contribution is -2.50. The number of hydrogen-bond donors (Lipinski definition) is 1. The summed E-state index contributed by atoms with van der Waals surface area (Å²) in [5.74, 6) is 1.11. The molecule has 3 rings (SSSR count). The monoisotopic (exact) mass is 260 g/mol. The van der Waals surface area contributed by atoms with Gasteiger partial charge in [-0.05, 0) is 56.8 Å². The van der Waals surface area contributed by atoms with Crippen LogP contribution in [0.4, 0.5) is 0 Å². The number of nitrogens with zero attached hydrogens (tertiary/aromatic N) is 1. The number of para-hydroxylation sites is 1. The Bertz CT molecular complexity index is 425. The van der Waals surface area contributed by atoms with Gasteiger partial charge in [-0.25, -0.2) is 0 Å². The van der Waals surface area contributed by atoms with E-state index in [1.807, 2.05) is 0 Å². The van der Waals surface area contributed by atoms with Crippen LogP contribution in [0.5, 0.6) is 5.75 Å². The predicted molar refractivity (Wildman–Crippen MR) is 77.5 cm³/mol. The number of nitrogens with two attached hydrogens (primary N) is 1. The summed E-state index contributed by atoms with van der Waals surface area (Å²) in [5.41, 5.74) is 7.06. The molecule has 0 amide bonds. The van der Waals surface area contributed by atoms with Gasteiger partial charge in [-0.15, -0.1) is 0 Å². The van der Waals surface area contributed by atoms with Crippen molar-refractivity contribution in [2.45, 2.75) is 37.7 Å². The van der Waals surface area contributed by atoms with Gasteiger partial charge in [0.25, 0.3) is 0 Å². The lowest BCUT2D eigenvalue weighted by atomic mass is 9.83. The van der Waals surface area contributed by atoms with Gasteiger partial charge in [-0.2, -0.15) is 0 Å². The average molecular weight is 260 g/mol. The van der Waals surface area contributed by atoms with Crippen LogP contribution in [0.25, 0.3) is 0 Å². The highest BCUT2D eigenvalue weighted by atomic mass is 16.5. The minimum Gasteiger partial charge on any atom is -0.487 e. The van der Waals surface area contributed by atoms with Gasteiger partial charge in [0.2, 0.25) is 0 Å². The molecule has 0 unspecified atom stereocenters. The van der Waals surface area contributed by atoms with Crippen LogP contribution in [0.3, 0.4) is 0 Å². The van der Waals surface area contributed by atoms with Gasteiger partial charge >= 0.3 is 0 Å². The fourth-order valence-corrected chi connectivity index (χ4v) is 3.31. The van der Waals surface area contributed by atoms with Gasteiger partial charge in [0, 0.05) is 13.1 Å². The zero-order valence-corrected chi connectivity index (χ0v) is 11.6. The first-order chi connectivity index (χ1) is 9.31. The minimum absolute atomic E-state index is 0.105. The minimum atomic E-state index is 0.105. The Morgan fingerprint density at radius 1 is 1.16 bits per heavy atom. The second kappa shape index (κ2) is 5.51. The van der Waals surface area contributed by atoms with E-state index >= 15 is 0 Å². The van der Waals surface area contributed by atoms with Gasteiger partial charge in [0.15, 0.2) is 0 Å². The second-order valence-corrected chi connectivity index (χ2v) is 5.88. The fraction of sp³-hybridized carbons (Fsp3) is 0.625. The van der Waals surface area contributed by atoms with Crippen LogP contribution in [0.2, 0.25) is 0 Å². The normalized spacial score (nSPS) is 21.9. The molecule has 104 valence electrons.